The van der Waals surface area contributed by atoms with Gasteiger partial charge in [-0.05, 0) is 69.5 Å². The minimum absolute atomic E-state index is 0.0807. The highest BCUT2D eigenvalue weighted by atomic mass is 79.9. The highest BCUT2D eigenvalue weighted by molar-refractivity contribution is 9.10. The molecule has 0 aliphatic carbocycles. The molecule has 0 fully saturated rings. The molecule has 0 aliphatic heterocycles. The molecule has 3 aromatic rings. The van der Waals surface area contributed by atoms with Crippen molar-refractivity contribution in [3.05, 3.63) is 91.9 Å². The maximum absolute atomic E-state index is 11.0. The second kappa shape index (κ2) is 9.32. The molecule has 144 valence electrons. The van der Waals surface area contributed by atoms with Gasteiger partial charge in [0.05, 0.1) is 15.1 Å². The van der Waals surface area contributed by atoms with E-state index in [1.165, 1.54) is 6.07 Å². The summed E-state index contributed by atoms with van der Waals surface area (Å²) in [5.41, 5.74) is 2.89. The van der Waals surface area contributed by atoms with Crippen molar-refractivity contribution in [2.75, 3.05) is 5.32 Å². The van der Waals surface area contributed by atoms with Gasteiger partial charge in [-0.3, -0.25) is 0 Å². The number of rotatable bonds is 7. The Kier molecular flexibility index (Phi) is 6.83. The maximum Gasteiger partial charge on any atom is 0.337 e. The fourth-order valence-corrected chi connectivity index (χ4v) is 3.44. The van der Waals surface area contributed by atoms with E-state index in [1.807, 2.05) is 42.5 Å². The molecular formula is C21H16BrCl2NO3. The lowest BCUT2D eigenvalue weighted by atomic mass is 10.2. The average Bonchev–Trinajstić information content (AvgIpc) is 2.66. The molecule has 0 amide bonds. The van der Waals surface area contributed by atoms with Gasteiger partial charge in [-0.15, -0.1) is 0 Å². The first-order valence-corrected chi connectivity index (χ1v) is 9.89. The zero-order valence-corrected chi connectivity index (χ0v) is 17.7. The quantitative estimate of drug-likeness (QED) is 0.397. The van der Waals surface area contributed by atoms with Crippen LogP contribution in [0.1, 0.15) is 21.5 Å². The van der Waals surface area contributed by atoms with Crippen molar-refractivity contribution >= 4 is 50.8 Å². The SMILES string of the molecule is O=C(O)c1ccc(NCc2ccc(OCc3ccc(Cl)cc3)c(Br)c2)cc1Cl. The number of aromatic carboxylic acids is 1. The van der Waals surface area contributed by atoms with Crippen LogP contribution >= 0.6 is 39.1 Å². The van der Waals surface area contributed by atoms with Gasteiger partial charge in [-0.25, -0.2) is 4.79 Å². The summed E-state index contributed by atoms with van der Waals surface area (Å²) >= 11 is 15.4. The summed E-state index contributed by atoms with van der Waals surface area (Å²) < 4.78 is 6.70. The monoisotopic (exact) mass is 479 g/mol. The van der Waals surface area contributed by atoms with Crippen LogP contribution in [0.4, 0.5) is 5.69 Å². The highest BCUT2D eigenvalue weighted by Crippen LogP contribution is 2.28. The van der Waals surface area contributed by atoms with Crippen LogP contribution in [-0.2, 0) is 13.2 Å². The topological polar surface area (TPSA) is 58.6 Å². The summed E-state index contributed by atoms with van der Waals surface area (Å²) in [6.07, 6.45) is 0. The van der Waals surface area contributed by atoms with Gasteiger partial charge in [0.2, 0.25) is 0 Å². The minimum Gasteiger partial charge on any atom is -0.488 e. The largest absolute Gasteiger partial charge is 0.488 e. The van der Waals surface area contributed by atoms with Crippen LogP contribution in [0.3, 0.4) is 0 Å². The molecule has 0 unspecified atom stereocenters. The molecule has 0 aliphatic rings. The van der Waals surface area contributed by atoms with Gasteiger partial charge in [-0.2, -0.15) is 0 Å². The third-order valence-electron chi connectivity index (χ3n) is 4.00. The minimum atomic E-state index is -1.05. The van der Waals surface area contributed by atoms with E-state index >= 15 is 0 Å². The van der Waals surface area contributed by atoms with Gasteiger partial charge in [0.25, 0.3) is 0 Å². The van der Waals surface area contributed by atoms with Crippen LogP contribution in [0, 0.1) is 0 Å². The van der Waals surface area contributed by atoms with E-state index in [4.69, 9.17) is 33.0 Å². The van der Waals surface area contributed by atoms with Crippen molar-refractivity contribution in [2.45, 2.75) is 13.2 Å². The van der Waals surface area contributed by atoms with Crippen LogP contribution in [-0.4, -0.2) is 11.1 Å². The normalized spacial score (nSPS) is 10.5. The predicted octanol–water partition coefficient (Wildman–Crippen LogP) is 6.65. The van der Waals surface area contributed by atoms with Crippen LogP contribution < -0.4 is 10.1 Å². The predicted molar refractivity (Wildman–Crippen MR) is 116 cm³/mol. The Morgan fingerprint density at radius 2 is 1.71 bits per heavy atom. The summed E-state index contributed by atoms with van der Waals surface area (Å²) in [5, 5.41) is 13.1. The molecule has 0 spiro atoms. The molecular weight excluding hydrogens is 465 g/mol. The fraction of sp³-hybridized carbons (Fsp3) is 0.0952. The number of anilines is 1. The van der Waals surface area contributed by atoms with E-state index < -0.39 is 5.97 Å². The molecule has 28 heavy (non-hydrogen) atoms. The number of halogens is 3. The number of carboxylic acid groups (broad SMARTS) is 1. The van der Waals surface area contributed by atoms with E-state index in [-0.39, 0.29) is 10.6 Å². The highest BCUT2D eigenvalue weighted by Gasteiger charge is 2.09. The zero-order valence-electron chi connectivity index (χ0n) is 14.6. The van der Waals surface area contributed by atoms with Crippen molar-refractivity contribution < 1.29 is 14.6 Å². The standard InChI is InChI=1S/C21H16BrCl2NO3/c22-18-9-14(11-25-16-6-7-17(21(26)27)19(24)10-16)3-8-20(18)28-12-13-1-4-15(23)5-2-13/h1-10,25H,11-12H2,(H,26,27). The molecule has 3 aromatic carbocycles. The lowest BCUT2D eigenvalue weighted by Gasteiger charge is -2.12. The lowest BCUT2D eigenvalue weighted by Crippen LogP contribution is -2.02. The van der Waals surface area contributed by atoms with Gasteiger partial charge in [0, 0.05) is 17.3 Å². The van der Waals surface area contributed by atoms with E-state index in [9.17, 15) is 4.79 Å². The molecule has 0 atom stereocenters. The van der Waals surface area contributed by atoms with Crippen LogP contribution in [0.15, 0.2) is 65.1 Å². The smallest absolute Gasteiger partial charge is 0.337 e. The van der Waals surface area contributed by atoms with Crippen molar-refractivity contribution in [1.29, 1.82) is 0 Å². The number of nitrogens with one attached hydrogen (secondary N) is 1. The van der Waals surface area contributed by atoms with Crippen molar-refractivity contribution in [3.63, 3.8) is 0 Å². The summed E-state index contributed by atoms with van der Waals surface area (Å²) in [6.45, 7) is 1.00. The molecule has 0 radical (unpaired) electrons. The van der Waals surface area contributed by atoms with Crippen LogP contribution in [0.2, 0.25) is 10.0 Å². The molecule has 0 aromatic heterocycles. The van der Waals surface area contributed by atoms with E-state index in [0.717, 1.165) is 27.0 Å². The number of hydrogen-bond donors (Lipinski definition) is 2. The summed E-state index contributed by atoms with van der Waals surface area (Å²) in [5.74, 6) is -0.303. The Bertz CT molecular complexity index is 993. The van der Waals surface area contributed by atoms with Gasteiger partial charge >= 0.3 is 5.97 Å². The second-order valence-electron chi connectivity index (χ2n) is 6.03. The molecule has 0 bridgehead atoms. The Balaban J connectivity index is 1.60. The van der Waals surface area contributed by atoms with Crippen LogP contribution in [0.25, 0.3) is 0 Å². The van der Waals surface area contributed by atoms with E-state index in [2.05, 4.69) is 21.2 Å². The summed E-state index contributed by atoms with van der Waals surface area (Å²) in [6, 6.07) is 18.1. The molecule has 7 heteroatoms. The summed E-state index contributed by atoms with van der Waals surface area (Å²) in [7, 11) is 0. The van der Waals surface area contributed by atoms with Gasteiger partial charge in [-0.1, -0.05) is 41.4 Å². The third kappa shape index (κ3) is 5.41. The Hall–Kier alpha value is -2.21. The Labute approximate surface area is 181 Å². The zero-order chi connectivity index (χ0) is 20.1. The number of hydrogen-bond acceptors (Lipinski definition) is 3. The fourth-order valence-electron chi connectivity index (χ4n) is 2.52. The molecule has 0 heterocycles. The molecule has 0 saturated heterocycles. The van der Waals surface area contributed by atoms with E-state index in [0.29, 0.717) is 18.2 Å². The van der Waals surface area contributed by atoms with E-state index in [1.54, 1.807) is 12.1 Å². The lowest BCUT2D eigenvalue weighted by molar-refractivity contribution is 0.0697. The third-order valence-corrected chi connectivity index (χ3v) is 5.18. The van der Waals surface area contributed by atoms with Crippen molar-refractivity contribution in [3.8, 4) is 5.75 Å². The number of benzene rings is 3. The molecule has 4 nitrogen and oxygen atoms in total. The Morgan fingerprint density at radius 3 is 2.36 bits per heavy atom. The second-order valence-corrected chi connectivity index (χ2v) is 7.73. The van der Waals surface area contributed by atoms with Crippen molar-refractivity contribution in [2.24, 2.45) is 0 Å². The molecule has 0 saturated carbocycles. The maximum atomic E-state index is 11.0. The number of carbonyl (C=O) groups is 1. The van der Waals surface area contributed by atoms with Gasteiger partial charge < -0.3 is 15.2 Å². The molecule has 3 rings (SSSR count). The molecule has 2 N–H and O–H groups in total. The average molecular weight is 481 g/mol. The van der Waals surface area contributed by atoms with Gasteiger partial charge in [0.15, 0.2) is 0 Å². The first-order chi connectivity index (χ1) is 13.4. The Morgan fingerprint density at radius 1 is 1.00 bits per heavy atom. The number of ether oxygens (including phenoxy) is 1. The number of carboxylic acids is 1. The first kappa shape index (κ1) is 20.5. The first-order valence-electron chi connectivity index (χ1n) is 8.35. The summed E-state index contributed by atoms with van der Waals surface area (Å²) in [4.78, 5) is 11.0. The van der Waals surface area contributed by atoms with Crippen LogP contribution in [0.5, 0.6) is 5.75 Å². The van der Waals surface area contributed by atoms with Crippen molar-refractivity contribution in [1.82, 2.24) is 0 Å². The van der Waals surface area contributed by atoms with Gasteiger partial charge in [0.1, 0.15) is 12.4 Å².